The average Bonchev–Trinajstić information content (AvgIpc) is 3.21. The van der Waals surface area contributed by atoms with Gasteiger partial charge in [0.25, 0.3) is 0 Å². The van der Waals surface area contributed by atoms with Crippen molar-refractivity contribution in [2.75, 3.05) is 32.1 Å². The van der Waals surface area contributed by atoms with E-state index in [1.807, 2.05) is 44.3 Å². The summed E-state index contributed by atoms with van der Waals surface area (Å²) >= 11 is 13.2. The van der Waals surface area contributed by atoms with Gasteiger partial charge in [0, 0.05) is 34.8 Å². The molecular weight excluding hydrogens is 535 g/mol. The number of hydrogen-bond donors (Lipinski definition) is 1. The van der Waals surface area contributed by atoms with E-state index >= 15 is 0 Å². The molecule has 1 aliphatic rings. The van der Waals surface area contributed by atoms with Crippen molar-refractivity contribution < 1.29 is 14.3 Å². The normalized spacial score (nSPS) is 14.3. The van der Waals surface area contributed by atoms with Crippen LogP contribution in [-0.4, -0.2) is 54.9 Å². The fourth-order valence-electron chi connectivity index (χ4n) is 5.00. The highest BCUT2D eigenvalue weighted by atomic mass is 35.5. The molecule has 7 nitrogen and oxygen atoms in total. The molecule has 1 fully saturated rings. The number of carbonyl (C=O) groups is 2. The first-order chi connectivity index (χ1) is 18.7. The SMILES string of the molecule is Cc1ccc2cccc(OCc3c(Cl)ccc(N(C)C(=O)CNC(=O)CN(C)C4CCCCCC4)c3Cl)c2n1. The Kier molecular flexibility index (Phi) is 10.1. The van der Waals surface area contributed by atoms with Crippen molar-refractivity contribution in [1.82, 2.24) is 15.2 Å². The first kappa shape index (κ1) is 29.1. The van der Waals surface area contributed by atoms with E-state index in [9.17, 15) is 9.59 Å². The number of para-hydroxylation sites is 1. The number of carbonyl (C=O) groups excluding carboxylic acids is 2. The van der Waals surface area contributed by atoms with Crippen molar-refractivity contribution in [2.24, 2.45) is 0 Å². The van der Waals surface area contributed by atoms with Gasteiger partial charge in [-0.05, 0) is 51.1 Å². The number of nitrogens with zero attached hydrogens (tertiary/aromatic N) is 3. The van der Waals surface area contributed by atoms with Gasteiger partial charge < -0.3 is 15.0 Å². The fourth-order valence-corrected chi connectivity index (χ4v) is 5.60. The van der Waals surface area contributed by atoms with Crippen LogP contribution < -0.4 is 15.0 Å². The van der Waals surface area contributed by atoms with Gasteiger partial charge in [-0.15, -0.1) is 0 Å². The number of anilines is 1. The van der Waals surface area contributed by atoms with Gasteiger partial charge in [0.2, 0.25) is 11.8 Å². The first-order valence-electron chi connectivity index (χ1n) is 13.4. The van der Waals surface area contributed by atoms with E-state index in [0.29, 0.717) is 33.1 Å². The number of amides is 2. The Hall–Kier alpha value is -2.87. The van der Waals surface area contributed by atoms with Crippen molar-refractivity contribution in [3.63, 3.8) is 0 Å². The fraction of sp³-hybridized carbons (Fsp3) is 0.433. The van der Waals surface area contributed by atoms with Crippen LogP contribution in [0.25, 0.3) is 10.9 Å². The molecule has 9 heteroatoms. The van der Waals surface area contributed by atoms with Crippen molar-refractivity contribution in [1.29, 1.82) is 0 Å². The lowest BCUT2D eigenvalue weighted by molar-refractivity contribution is -0.125. The molecule has 1 heterocycles. The molecule has 0 aliphatic heterocycles. The highest BCUT2D eigenvalue weighted by Gasteiger charge is 2.22. The van der Waals surface area contributed by atoms with Crippen LogP contribution in [0.4, 0.5) is 5.69 Å². The summed E-state index contributed by atoms with van der Waals surface area (Å²) in [6.45, 7) is 2.18. The number of pyridine rings is 1. The van der Waals surface area contributed by atoms with E-state index in [1.54, 1.807) is 19.2 Å². The second-order valence-corrected chi connectivity index (χ2v) is 11.0. The Balaban J connectivity index is 1.38. The minimum Gasteiger partial charge on any atom is -0.487 e. The average molecular weight is 572 g/mol. The Bertz CT molecular complexity index is 1330. The molecule has 3 aromatic rings. The van der Waals surface area contributed by atoms with Crippen LogP contribution in [0, 0.1) is 6.92 Å². The summed E-state index contributed by atoms with van der Waals surface area (Å²) in [7, 11) is 3.61. The number of likely N-dealkylation sites (N-methyl/N-ethyl adjacent to an activating group) is 2. The molecule has 0 saturated heterocycles. The number of aryl methyl sites for hydroxylation is 1. The molecule has 208 valence electrons. The number of nitrogens with one attached hydrogen (secondary N) is 1. The van der Waals surface area contributed by atoms with Gasteiger partial charge in [-0.3, -0.25) is 14.5 Å². The maximum absolute atomic E-state index is 13.0. The first-order valence-corrected chi connectivity index (χ1v) is 14.2. The van der Waals surface area contributed by atoms with Gasteiger partial charge in [-0.1, -0.05) is 67.1 Å². The molecule has 4 rings (SSSR count). The Morgan fingerprint density at radius 2 is 1.77 bits per heavy atom. The standard InChI is InChI=1S/C30H36Cl2N4O3/c1-20-13-14-21-9-8-12-26(30(21)34-20)39-19-23-24(31)15-16-25(29(23)32)36(3)28(38)17-33-27(37)18-35(2)22-10-6-4-5-7-11-22/h8-9,12-16,22H,4-7,10-11,17-19H2,1-3H3,(H,33,37). The lowest BCUT2D eigenvalue weighted by Crippen LogP contribution is -2.44. The van der Waals surface area contributed by atoms with E-state index in [-0.39, 0.29) is 31.5 Å². The molecule has 1 N–H and O–H groups in total. The van der Waals surface area contributed by atoms with Crippen LogP contribution in [0.1, 0.15) is 49.8 Å². The van der Waals surface area contributed by atoms with Crippen LogP contribution in [-0.2, 0) is 16.2 Å². The van der Waals surface area contributed by atoms with E-state index in [1.165, 1.54) is 30.6 Å². The highest BCUT2D eigenvalue weighted by molar-refractivity contribution is 6.38. The summed E-state index contributed by atoms with van der Waals surface area (Å²) < 4.78 is 6.09. The molecule has 0 unspecified atom stereocenters. The molecule has 1 aliphatic carbocycles. The summed E-state index contributed by atoms with van der Waals surface area (Å²) in [4.78, 5) is 33.6. The number of fused-ring (bicyclic) bond motifs is 1. The van der Waals surface area contributed by atoms with E-state index < -0.39 is 0 Å². The maximum atomic E-state index is 13.0. The van der Waals surface area contributed by atoms with Gasteiger partial charge in [0.1, 0.15) is 17.9 Å². The van der Waals surface area contributed by atoms with Gasteiger partial charge in [0.05, 0.1) is 23.8 Å². The van der Waals surface area contributed by atoms with E-state index in [2.05, 4.69) is 15.2 Å². The van der Waals surface area contributed by atoms with Crippen LogP contribution in [0.5, 0.6) is 5.75 Å². The molecular formula is C30H36Cl2N4O3. The zero-order chi connectivity index (χ0) is 27.9. The maximum Gasteiger partial charge on any atom is 0.246 e. The number of ether oxygens (including phenoxy) is 1. The Labute approximate surface area is 240 Å². The lowest BCUT2D eigenvalue weighted by atomic mass is 10.1. The molecule has 0 spiro atoms. The molecule has 2 aromatic carbocycles. The molecule has 1 saturated carbocycles. The Morgan fingerprint density at radius 1 is 1.03 bits per heavy atom. The van der Waals surface area contributed by atoms with Crippen molar-refractivity contribution >= 4 is 51.6 Å². The summed E-state index contributed by atoms with van der Waals surface area (Å²) in [6.07, 6.45) is 7.16. The number of benzene rings is 2. The highest BCUT2D eigenvalue weighted by Crippen LogP contribution is 2.35. The second-order valence-electron chi connectivity index (χ2n) is 10.2. The van der Waals surface area contributed by atoms with Gasteiger partial charge in [-0.2, -0.15) is 0 Å². The van der Waals surface area contributed by atoms with Crippen LogP contribution in [0.15, 0.2) is 42.5 Å². The monoisotopic (exact) mass is 570 g/mol. The molecule has 0 radical (unpaired) electrons. The smallest absolute Gasteiger partial charge is 0.246 e. The third kappa shape index (κ3) is 7.41. The zero-order valence-corrected chi connectivity index (χ0v) is 24.3. The van der Waals surface area contributed by atoms with Gasteiger partial charge in [0.15, 0.2) is 0 Å². The third-order valence-electron chi connectivity index (χ3n) is 7.37. The predicted molar refractivity (Wildman–Crippen MR) is 158 cm³/mol. The van der Waals surface area contributed by atoms with E-state index in [4.69, 9.17) is 27.9 Å². The minimum absolute atomic E-state index is 0.104. The topological polar surface area (TPSA) is 74.8 Å². The number of halogens is 2. The summed E-state index contributed by atoms with van der Waals surface area (Å²) in [6, 6.07) is 13.5. The van der Waals surface area contributed by atoms with Crippen molar-refractivity contribution in [2.45, 2.75) is 58.1 Å². The van der Waals surface area contributed by atoms with Crippen LogP contribution in [0.3, 0.4) is 0 Å². The number of aromatic nitrogens is 1. The van der Waals surface area contributed by atoms with Crippen molar-refractivity contribution in [3.8, 4) is 5.75 Å². The molecule has 0 bridgehead atoms. The van der Waals surface area contributed by atoms with Gasteiger partial charge in [-0.25, -0.2) is 4.98 Å². The Morgan fingerprint density at radius 3 is 2.51 bits per heavy atom. The lowest BCUT2D eigenvalue weighted by Gasteiger charge is -2.26. The zero-order valence-electron chi connectivity index (χ0n) is 22.8. The number of hydrogen-bond acceptors (Lipinski definition) is 5. The van der Waals surface area contributed by atoms with E-state index in [0.717, 1.165) is 29.4 Å². The largest absolute Gasteiger partial charge is 0.487 e. The molecule has 0 atom stereocenters. The summed E-state index contributed by atoms with van der Waals surface area (Å²) in [5.74, 6) is 0.165. The summed E-state index contributed by atoms with van der Waals surface area (Å²) in [5.41, 5.74) is 2.70. The molecule has 1 aromatic heterocycles. The van der Waals surface area contributed by atoms with Gasteiger partial charge >= 0.3 is 0 Å². The number of rotatable bonds is 9. The quantitative estimate of drug-likeness (QED) is 0.312. The summed E-state index contributed by atoms with van der Waals surface area (Å²) in [5, 5.41) is 4.48. The van der Waals surface area contributed by atoms with Crippen molar-refractivity contribution in [3.05, 3.63) is 63.8 Å². The predicted octanol–water partition coefficient (Wildman–Crippen LogP) is 6.16. The third-order valence-corrected chi connectivity index (χ3v) is 8.15. The minimum atomic E-state index is -0.287. The molecule has 39 heavy (non-hydrogen) atoms. The van der Waals surface area contributed by atoms with Crippen LogP contribution in [0.2, 0.25) is 10.0 Å². The van der Waals surface area contributed by atoms with Crippen LogP contribution >= 0.6 is 23.2 Å². The molecule has 2 amide bonds. The second kappa shape index (κ2) is 13.5.